The number of para-hydroxylation sites is 1. The lowest BCUT2D eigenvalue weighted by Gasteiger charge is -2.18. The molecule has 5 nitrogen and oxygen atoms in total. The Morgan fingerprint density at radius 1 is 1.23 bits per heavy atom. The van der Waals surface area contributed by atoms with E-state index in [1.54, 1.807) is 0 Å². The second-order valence-electron chi connectivity index (χ2n) is 7.93. The summed E-state index contributed by atoms with van der Waals surface area (Å²) in [4.78, 5) is 11.6. The van der Waals surface area contributed by atoms with Crippen LogP contribution in [0.4, 0.5) is 5.82 Å². The van der Waals surface area contributed by atoms with E-state index >= 15 is 0 Å². The summed E-state index contributed by atoms with van der Waals surface area (Å²) in [6.07, 6.45) is 2.69. The van der Waals surface area contributed by atoms with Gasteiger partial charge in [-0.2, -0.15) is 0 Å². The summed E-state index contributed by atoms with van der Waals surface area (Å²) in [6.45, 7) is 4.98. The Kier molecular flexibility index (Phi) is 6.09. The highest BCUT2D eigenvalue weighted by Gasteiger charge is 2.27. The predicted molar refractivity (Wildman–Crippen MR) is 122 cm³/mol. The first-order valence-corrected chi connectivity index (χ1v) is 10.9. The van der Waals surface area contributed by atoms with Gasteiger partial charge in [-0.25, -0.2) is 4.68 Å². The van der Waals surface area contributed by atoms with E-state index in [9.17, 15) is 4.79 Å². The summed E-state index contributed by atoms with van der Waals surface area (Å²) in [7, 11) is 0. The fourth-order valence-electron chi connectivity index (χ4n) is 3.97. The second kappa shape index (κ2) is 8.92. The van der Waals surface area contributed by atoms with Gasteiger partial charge in [0.2, 0.25) is 5.91 Å². The fraction of sp³-hybridized carbons (Fsp3) is 0.333. The van der Waals surface area contributed by atoms with Crippen molar-refractivity contribution in [3.63, 3.8) is 0 Å². The molecule has 1 unspecified atom stereocenters. The third-order valence-corrected chi connectivity index (χ3v) is 5.96. The molecular weight excluding hydrogens is 396 g/mol. The molecule has 1 fully saturated rings. The lowest BCUT2D eigenvalue weighted by Crippen LogP contribution is -2.27. The summed E-state index contributed by atoms with van der Waals surface area (Å²) in [5, 5.41) is 11.9. The monoisotopic (exact) mass is 422 g/mol. The standard InChI is InChI=1S/C24H27ClN4O/c1-3-7-17-8-6-9-18(12-17)22-14-23(27-16(2)19-13-24(30)26-15-19)28-29(22)21-11-5-4-10-20(21)25/h4-6,8-12,14,16,19H,3,7,13,15H2,1-2H3,(H,26,30)(H,27,28)/t16?,19-/m1/s1. The topological polar surface area (TPSA) is 58.9 Å². The third kappa shape index (κ3) is 4.36. The molecule has 0 saturated carbocycles. The van der Waals surface area contributed by atoms with Gasteiger partial charge in [-0.3, -0.25) is 4.79 Å². The maximum Gasteiger partial charge on any atom is 0.220 e. The van der Waals surface area contributed by atoms with Crippen molar-refractivity contribution < 1.29 is 4.79 Å². The van der Waals surface area contributed by atoms with Crippen LogP contribution in [0.3, 0.4) is 0 Å². The number of amides is 1. The zero-order valence-electron chi connectivity index (χ0n) is 17.4. The van der Waals surface area contributed by atoms with Crippen molar-refractivity contribution in [1.29, 1.82) is 0 Å². The van der Waals surface area contributed by atoms with Gasteiger partial charge >= 0.3 is 0 Å². The SMILES string of the molecule is CCCc1cccc(-c2cc(NC(C)[C@H]3CNC(=O)C3)nn2-c2ccccc2Cl)c1. The van der Waals surface area contributed by atoms with Gasteiger partial charge in [0.15, 0.2) is 0 Å². The Morgan fingerprint density at radius 2 is 2.07 bits per heavy atom. The van der Waals surface area contributed by atoms with E-state index in [1.807, 2.05) is 28.9 Å². The van der Waals surface area contributed by atoms with Crippen molar-refractivity contribution in [3.05, 3.63) is 65.2 Å². The first kappa shape index (κ1) is 20.5. The van der Waals surface area contributed by atoms with Crippen LogP contribution in [-0.4, -0.2) is 28.3 Å². The number of nitrogens with zero attached hydrogens (tertiary/aromatic N) is 2. The van der Waals surface area contributed by atoms with E-state index in [0.29, 0.717) is 18.0 Å². The summed E-state index contributed by atoms with van der Waals surface area (Å²) in [5.41, 5.74) is 4.23. The molecule has 0 aliphatic carbocycles. The average molecular weight is 423 g/mol. The average Bonchev–Trinajstić information content (AvgIpc) is 3.35. The molecular formula is C24H27ClN4O. The Balaban J connectivity index is 1.71. The van der Waals surface area contributed by atoms with Gasteiger partial charge in [0.05, 0.1) is 16.4 Å². The van der Waals surface area contributed by atoms with Crippen LogP contribution < -0.4 is 10.6 Å². The van der Waals surface area contributed by atoms with Crippen molar-refractivity contribution in [2.45, 2.75) is 39.2 Å². The van der Waals surface area contributed by atoms with E-state index in [-0.39, 0.29) is 17.9 Å². The molecule has 0 spiro atoms. The molecule has 1 saturated heterocycles. The number of anilines is 1. The summed E-state index contributed by atoms with van der Waals surface area (Å²) >= 11 is 6.51. The van der Waals surface area contributed by atoms with Gasteiger partial charge in [-0.1, -0.05) is 55.3 Å². The van der Waals surface area contributed by atoms with Crippen LogP contribution in [0.25, 0.3) is 16.9 Å². The third-order valence-electron chi connectivity index (χ3n) is 5.64. The molecule has 2 aromatic carbocycles. The predicted octanol–water partition coefficient (Wildman–Crippen LogP) is 5.08. The molecule has 4 rings (SSSR count). The number of nitrogens with one attached hydrogen (secondary N) is 2. The largest absolute Gasteiger partial charge is 0.366 e. The maximum absolute atomic E-state index is 11.6. The van der Waals surface area contributed by atoms with E-state index in [4.69, 9.17) is 16.7 Å². The van der Waals surface area contributed by atoms with Gasteiger partial charge in [0.25, 0.3) is 0 Å². The fourth-order valence-corrected chi connectivity index (χ4v) is 4.19. The Morgan fingerprint density at radius 3 is 2.80 bits per heavy atom. The van der Waals surface area contributed by atoms with Gasteiger partial charge in [0, 0.05) is 36.6 Å². The minimum absolute atomic E-state index is 0.115. The number of carbonyl (C=O) groups excluding carboxylic acids is 1. The summed E-state index contributed by atoms with van der Waals surface area (Å²) in [5.74, 6) is 1.14. The molecule has 2 N–H and O–H groups in total. The number of halogens is 1. The minimum Gasteiger partial charge on any atom is -0.366 e. The molecule has 2 heterocycles. The second-order valence-corrected chi connectivity index (χ2v) is 8.34. The highest BCUT2D eigenvalue weighted by Crippen LogP contribution is 2.31. The molecule has 2 atom stereocenters. The Labute approximate surface area is 182 Å². The quantitative estimate of drug-likeness (QED) is 0.558. The molecule has 3 aromatic rings. The van der Waals surface area contributed by atoms with Crippen molar-refractivity contribution in [3.8, 4) is 16.9 Å². The van der Waals surface area contributed by atoms with Crippen LogP contribution in [0.1, 0.15) is 32.3 Å². The van der Waals surface area contributed by atoms with Crippen LogP contribution >= 0.6 is 11.6 Å². The number of benzene rings is 2. The molecule has 0 radical (unpaired) electrons. The molecule has 30 heavy (non-hydrogen) atoms. The number of aromatic nitrogens is 2. The summed E-state index contributed by atoms with van der Waals surface area (Å²) in [6, 6.07) is 18.5. The number of aryl methyl sites for hydroxylation is 1. The molecule has 1 aromatic heterocycles. The first-order valence-electron chi connectivity index (χ1n) is 10.5. The van der Waals surface area contributed by atoms with E-state index in [1.165, 1.54) is 5.56 Å². The van der Waals surface area contributed by atoms with Crippen LogP contribution in [0, 0.1) is 5.92 Å². The number of carbonyl (C=O) groups is 1. The van der Waals surface area contributed by atoms with Crippen molar-refractivity contribution >= 4 is 23.3 Å². The lowest BCUT2D eigenvalue weighted by molar-refractivity contribution is -0.119. The zero-order valence-corrected chi connectivity index (χ0v) is 18.1. The number of rotatable bonds is 7. The smallest absolute Gasteiger partial charge is 0.220 e. The normalized spacial score (nSPS) is 17.0. The van der Waals surface area contributed by atoms with Gasteiger partial charge < -0.3 is 10.6 Å². The van der Waals surface area contributed by atoms with Gasteiger partial charge in [-0.15, -0.1) is 5.10 Å². The summed E-state index contributed by atoms with van der Waals surface area (Å²) < 4.78 is 1.90. The van der Waals surface area contributed by atoms with E-state index in [0.717, 1.165) is 35.6 Å². The molecule has 1 aliphatic heterocycles. The van der Waals surface area contributed by atoms with E-state index in [2.05, 4.69) is 54.8 Å². The Bertz CT molecular complexity index is 1050. The van der Waals surface area contributed by atoms with Crippen LogP contribution in [0.15, 0.2) is 54.6 Å². The number of hydrogen-bond acceptors (Lipinski definition) is 3. The highest BCUT2D eigenvalue weighted by molar-refractivity contribution is 6.32. The van der Waals surface area contributed by atoms with Crippen molar-refractivity contribution in [2.75, 3.05) is 11.9 Å². The lowest BCUT2D eigenvalue weighted by atomic mass is 10.0. The highest BCUT2D eigenvalue weighted by atomic mass is 35.5. The molecule has 1 aliphatic rings. The van der Waals surface area contributed by atoms with Gasteiger partial charge in [-0.05, 0) is 37.1 Å². The molecule has 1 amide bonds. The van der Waals surface area contributed by atoms with Crippen LogP contribution in [0.2, 0.25) is 5.02 Å². The molecule has 0 bridgehead atoms. The van der Waals surface area contributed by atoms with Gasteiger partial charge in [0.1, 0.15) is 5.82 Å². The first-order chi connectivity index (χ1) is 14.5. The van der Waals surface area contributed by atoms with Crippen LogP contribution in [-0.2, 0) is 11.2 Å². The van der Waals surface area contributed by atoms with Crippen LogP contribution in [0.5, 0.6) is 0 Å². The van der Waals surface area contributed by atoms with Crippen molar-refractivity contribution in [1.82, 2.24) is 15.1 Å². The zero-order chi connectivity index (χ0) is 21.1. The minimum atomic E-state index is 0.115. The van der Waals surface area contributed by atoms with E-state index < -0.39 is 0 Å². The maximum atomic E-state index is 11.6. The number of hydrogen-bond donors (Lipinski definition) is 2. The van der Waals surface area contributed by atoms with Crippen molar-refractivity contribution in [2.24, 2.45) is 5.92 Å². The Hall–Kier alpha value is -2.79. The molecule has 6 heteroatoms. The molecule has 156 valence electrons.